The number of benzene rings is 1. The summed E-state index contributed by atoms with van der Waals surface area (Å²) in [6.45, 7) is 0.309. The fourth-order valence-electron chi connectivity index (χ4n) is 0.955. The lowest BCUT2D eigenvalue weighted by Gasteiger charge is -2.12. The van der Waals surface area contributed by atoms with Crippen molar-refractivity contribution in [2.24, 2.45) is 0 Å². The number of anilines is 1. The molecule has 3 nitrogen and oxygen atoms in total. The van der Waals surface area contributed by atoms with Crippen LogP contribution in [0.1, 0.15) is 0 Å². The molecule has 0 aromatic heterocycles. The van der Waals surface area contributed by atoms with Gasteiger partial charge in [-0.2, -0.15) is 0 Å². The number of hydrogen-bond donors (Lipinski definition) is 3. The van der Waals surface area contributed by atoms with Crippen molar-refractivity contribution >= 4 is 44.8 Å². The molecule has 1 aromatic carbocycles. The summed E-state index contributed by atoms with van der Waals surface area (Å²) in [5, 5.41) is 21.8. The number of aliphatic hydroxyl groups excluding tert-OH is 1. The number of nitrogens with one attached hydrogen (secondary N) is 1. The van der Waals surface area contributed by atoms with Gasteiger partial charge in [0.25, 0.3) is 0 Å². The number of aliphatic hydroxyl groups is 1. The van der Waals surface area contributed by atoms with Gasteiger partial charge in [0, 0.05) is 17.1 Å². The maximum absolute atomic E-state index is 9.37. The van der Waals surface area contributed by atoms with E-state index in [0.29, 0.717) is 16.7 Å². The van der Waals surface area contributed by atoms with Crippen LogP contribution in [0.5, 0.6) is 5.75 Å². The summed E-state index contributed by atoms with van der Waals surface area (Å²) in [5.74, 6) is 0.146. The molecule has 0 aliphatic rings. The average Bonchev–Trinajstić information content (AvgIpc) is 2.21. The topological polar surface area (TPSA) is 52.5 Å². The van der Waals surface area contributed by atoms with E-state index >= 15 is 0 Å². The van der Waals surface area contributed by atoms with Crippen molar-refractivity contribution in [1.29, 1.82) is 0 Å². The summed E-state index contributed by atoms with van der Waals surface area (Å²) in [6.07, 6.45) is -0.628. The molecule has 84 valence electrons. The molecule has 6 heteroatoms. The molecule has 0 spiro atoms. The van der Waals surface area contributed by atoms with E-state index in [9.17, 15) is 10.2 Å². The lowest BCUT2D eigenvalue weighted by atomic mass is 10.3. The number of phenolic OH excluding ortho intramolecular Hbond substituents is 1. The van der Waals surface area contributed by atoms with E-state index in [4.69, 9.17) is 23.2 Å². The molecule has 0 heterocycles. The monoisotopic (exact) mass is 313 g/mol. The average molecular weight is 315 g/mol. The zero-order valence-corrected chi connectivity index (χ0v) is 10.8. The van der Waals surface area contributed by atoms with Crippen molar-refractivity contribution < 1.29 is 10.2 Å². The molecular weight excluding hydrogens is 305 g/mol. The van der Waals surface area contributed by atoms with E-state index in [2.05, 4.69) is 21.2 Å². The molecule has 3 N–H and O–H groups in total. The second-order valence-corrected chi connectivity index (χ2v) is 4.54. The Kier molecular flexibility index (Phi) is 4.99. The molecule has 1 rings (SSSR count). The fraction of sp³-hybridized carbons (Fsp3) is 0.333. The first-order valence-electron chi connectivity index (χ1n) is 4.20. The molecule has 0 radical (unpaired) electrons. The van der Waals surface area contributed by atoms with Crippen LogP contribution in [0.15, 0.2) is 16.6 Å². The van der Waals surface area contributed by atoms with Crippen LogP contribution in [0.3, 0.4) is 0 Å². The second kappa shape index (κ2) is 5.80. The first-order chi connectivity index (χ1) is 7.04. The largest absolute Gasteiger partial charge is 0.506 e. The Balaban J connectivity index is 2.73. The number of rotatable bonds is 4. The van der Waals surface area contributed by atoms with E-state index in [-0.39, 0.29) is 16.7 Å². The second-order valence-electron chi connectivity index (χ2n) is 2.97. The minimum atomic E-state index is -0.628. The first kappa shape index (κ1) is 12.9. The van der Waals surface area contributed by atoms with Crippen molar-refractivity contribution in [3.63, 3.8) is 0 Å². The Labute approximate surface area is 106 Å². The molecule has 0 aliphatic carbocycles. The molecule has 0 saturated heterocycles. The van der Waals surface area contributed by atoms with Crippen LogP contribution in [-0.2, 0) is 0 Å². The van der Waals surface area contributed by atoms with Gasteiger partial charge >= 0.3 is 0 Å². The van der Waals surface area contributed by atoms with Gasteiger partial charge in [-0.15, -0.1) is 11.6 Å². The van der Waals surface area contributed by atoms with Gasteiger partial charge in [-0.1, -0.05) is 11.6 Å². The van der Waals surface area contributed by atoms with Gasteiger partial charge < -0.3 is 15.5 Å². The van der Waals surface area contributed by atoms with Crippen LogP contribution in [0.4, 0.5) is 5.69 Å². The first-order valence-corrected chi connectivity index (χ1v) is 5.91. The van der Waals surface area contributed by atoms with Crippen molar-refractivity contribution in [2.75, 3.05) is 17.7 Å². The maximum atomic E-state index is 9.37. The summed E-state index contributed by atoms with van der Waals surface area (Å²) in [7, 11) is 0. The van der Waals surface area contributed by atoms with Gasteiger partial charge in [-0.3, -0.25) is 0 Å². The Bertz CT molecular complexity index is 349. The Hall–Kier alpha value is -0.160. The molecule has 15 heavy (non-hydrogen) atoms. The van der Waals surface area contributed by atoms with Gasteiger partial charge in [-0.25, -0.2) is 0 Å². The predicted molar refractivity (Wildman–Crippen MR) is 66.0 cm³/mol. The van der Waals surface area contributed by atoms with Gasteiger partial charge in [0.2, 0.25) is 0 Å². The van der Waals surface area contributed by atoms with Crippen molar-refractivity contribution in [2.45, 2.75) is 6.10 Å². The van der Waals surface area contributed by atoms with E-state index in [1.165, 1.54) is 6.07 Å². The van der Waals surface area contributed by atoms with Crippen molar-refractivity contribution in [3.05, 3.63) is 21.6 Å². The Morgan fingerprint density at radius 2 is 2.13 bits per heavy atom. The predicted octanol–water partition coefficient (Wildman–Crippen LogP) is 2.82. The van der Waals surface area contributed by atoms with E-state index < -0.39 is 6.10 Å². The summed E-state index contributed by atoms with van der Waals surface area (Å²) in [4.78, 5) is 0. The summed E-state index contributed by atoms with van der Waals surface area (Å²) >= 11 is 14.4. The number of phenols is 1. The van der Waals surface area contributed by atoms with Crippen LogP contribution in [0, 0.1) is 0 Å². The smallest absolute Gasteiger partial charge is 0.136 e. The SMILES string of the molecule is Oc1cc(NCC(O)CCl)c(Br)cc1Cl. The lowest BCUT2D eigenvalue weighted by molar-refractivity contribution is 0.211. The number of hydrogen-bond acceptors (Lipinski definition) is 3. The third-order valence-corrected chi connectivity index (χ3v) is 3.06. The molecule has 1 atom stereocenters. The van der Waals surface area contributed by atoms with Crippen LogP contribution in [0.2, 0.25) is 5.02 Å². The molecule has 0 aliphatic heterocycles. The highest BCUT2D eigenvalue weighted by atomic mass is 79.9. The van der Waals surface area contributed by atoms with Crippen LogP contribution in [0.25, 0.3) is 0 Å². The fourth-order valence-corrected chi connectivity index (χ4v) is 1.84. The van der Waals surface area contributed by atoms with Gasteiger partial charge in [-0.05, 0) is 22.0 Å². The van der Waals surface area contributed by atoms with Gasteiger partial charge in [0.1, 0.15) is 5.75 Å². The summed E-state index contributed by atoms with van der Waals surface area (Å²) in [6, 6.07) is 3.06. The van der Waals surface area contributed by atoms with Gasteiger partial charge in [0.05, 0.1) is 22.7 Å². The van der Waals surface area contributed by atoms with Crippen LogP contribution in [-0.4, -0.2) is 28.7 Å². The zero-order chi connectivity index (χ0) is 11.4. The number of halogens is 3. The molecule has 1 aromatic rings. The highest BCUT2D eigenvalue weighted by Crippen LogP contribution is 2.33. The van der Waals surface area contributed by atoms with Crippen LogP contribution < -0.4 is 5.32 Å². The highest BCUT2D eigenvalue weighted by molar-refractivity contribution is 9.10. The van der Waals surface area contributed by atoms with E-state index in [1.807, 2.05) is 0 Å². The quantitative estimate of drug-likeness (QED) is 0.749. The molecular formula is C9H10BrCl2NO2. The van der Waals surface area contributed by atoms with E-state index in [1.54, 1.807) is 6.07 Å². The van der Waals surface area contributed by atoms with E-state index in [0.717, 1.165) is 0 Å². The summed E-state index contributed by atoms with van der Waals surface area (Å²) in [5.41, 5.74) is 0.654. The molecule has 0 amide bonds. The third-order valence-electron chi connectivity index (χ3n) is 1.74. The lowest BCUT2D eigenvalue weighted by Crippen LogP contribution is -2.20. The van der Waals surface area contributed by atoms with Crippen molar-refractivity contribution in [1.82, 2.24) is 0 Å². The molecule has 1 unspecified atom stereocenters. The van der Waals surface area contributed by atoms with Gasteiger partial charge in [0.15, 0.2) is 0 Å². The minimum Gasteiger partial charge on any atom is -0.506 e. The Morgan fingerprint density at radius 3 is 2.73 bits per heavy atom. The number of aromatic hydroxyl groups is 1. The third kappa shape index (κ3) is 3.72. The molecule has 0 fully saturated rings. The van der Waals surface area contributed by atoms with Crippen LogP contribution >= 0.6 is 39.1 Å². The maximum Gasteiger partial charge on any atom is 0.136 e. The number of alkyl halides is 1. The highest BCUT2D eigenvalue weighted by Gasteiger charge is 2.07. The Morgan fingerprint density at radius 1 is 1.47 bits per heavy atom. The molecule has 0 saturated carbocycles. The molecule has 0 bridgehead atoms. The van der Waals surface area contributed by atoms with Crippen molar-refractivity contribution in [3.8, 4) is 5.75 Å². The zero-order valence-electron chi connectivity index (χ0n) is 7.67. The normalized spacial score (nSPS) is 12.5. The minimum absolute atomic E-state index is 0.0114. The standard InChI is InChI=1S/C9H10BrCl2NO2/c10-6-1-7(12)9(15)2-8(6)13-4-5(14)3-11/h1-2,5,13-15H,3-4H2. The summed E-state index contributed by atoms with van der Waals surface area (Å²) < 4.78 is 0.715.